The molecule has 2 aromatic carbocycles. The minimum atomic E-state index is -0.345. The Morgan fingerprint density at radius 3 is 2.34 bits per heavy atom. The zero-order valence-corrected chi connectivity index (χ0v) is 17.1. The second kappa shape index (κ2) is 7.95. The van der Waals surface area contributed by atoms with Gasteiger partial charge in [0.1, 0.15) is 5.72 Å². The van der Waals surface area contributed by atoms with Crippen molar-refractivity contribution < 1.29 is 9.53 Å². The number of carbonyl (C=O) groups excluding carboxylic acids is 1. The number of aryl methyl sites for hydroxylation is 1. The molecule has 0 radical (unpaired) electrons. The van der Waals surface area contributed by atoms with Gasteiger partial charge in [0.25, 0.3) is 0 Å². The maximum atomic E-state index is 12.9. The van der Waals surface area contributed by atoms with E-state index in [2.05, 4.69) is 59.5 Å². The largest absolute Gasteiger partial charge is 0.353 e. The maximum absolute atomic E-state index is 12.9. The van der Waals surface area contributed by atoms with Crippen LogP contribution in [0.1, 0.15) is 62.1 Å². The van der Waals surface area contributed by atoms with Crippen LogP contribution in [0.4, 0.5) is 0 Å². The highest BCUT2D eigenvalue weighted by molar-refractivity contribution is 5.80. The third kappa shape index (κ3) is 3.50. The Hall–Kier alpha value is -2.13. The van der Waals surface area contributed by atoms with E-state index in [1.165, 1.54) is 49.7 Å². The molecule has 1 amide bonds. The van der Waals surface area contributed by atoms with Crippen LogP contribution in [-0.2, 0) is 16.0 Å². The quantitative estimate of drug-likeness (QED) is 0.674. The molecule has 1 aliphatic carbocycles. The molecule has 152 valence electrons. The molecule has 3 fully saturated rings. The molecule has 0 bridgehead atoms. The van der Waals surface area contributed by atoms with Crippen LogP contribution in [0.2, 0.25) is 0 Å². The minimum Gasteiger partial charge on any atom is -0.353 e. The third-order valence-corrected chi connectivity index (χ3v) is 7.53. The van der Waals surface area contributed by atoms with Crippen molar-refractivity contribution in [2.75, 3.05) is 6.61 Å². The van der Waals surface area contributed by atoms with Crippen LogP contribution in [-0.4, -0.2) is 23.1 Å². The van der Waals surface area contributed by atoms with E-state index in [1.807, 2.05) is 6.07 Å². The summed E-state index contributed by atoms with van der Waals surface area (Å²) >= 11 is 0. The van der Waals surface area contributed by atoms with Gasteiger partial charge >= 0.3 is 0 Å². The Morgan fingerprint density at radius 2 is 1.62 bits per heavy atom. The van der Waals surface area contributed by atoms with E-state index >= 15 is 0 Å². The van der Waals surface area contributed by atoms with Gasteiger partial charge in [0.2, 0.25) is 5.91 Å². The average molecular weight is 390 g/mol. The molecule has 2 aliphatic heterocycles. The van der Waals surface area contributed by atoms with E-state index in [9.17, 15) is 4.79 Å². The molecular formula is C26H31NO2. The molecule has 0 N–H and O–H groups in total. The number of hydrogen-bond acceptors (Lipinski definition) is 2. The monoisotopic (exact) mass is 389 g/mol. The summed E-state index contributed by atoms with van der Waals surface area (Å²) in [6.07, 6.45) is 8.86. The van der Waals surface area contributed by atoms with Crippen molar-refractivity contribution in [3.05, 3.63) is 71.8 Å². The fraction of sp³-hybridized carbons (Fsp3) is 0.500. The standard InChI is InChI=1S/C26H31NO2/c28-25-17-18-26(27(25)24(19-29-26)22-9-5-2-6-10-22)23-15-13-21(14-16-23)12-11-20-7-3-1-4-8-20/h1-10,21,23-24H,11-19H2/t21?,23?,24?,26-/m0/s1. The van der Waals surface area contributed by atoms with Gasteiger partial charge < -0.3 is 9.64 Å². The molecule has 0 aromatic heterocycles. The SMILES string of the molecule is O=C1CC[C@@]2(C3CCC(CCc4ccccc4)CC3)OCC(c3ccccc3)N12. The second-order valence-electron chi connectivity index (χ2n) is 9.09. The third-order valence-electron chi connectivity index (χ3n) is 7.53. The summed E-state index contributed by atoms with van der Waals surface area (Å²) in [6, 6.07) is 21.4. The normalized spacial score (nSPS) is 31.8. The molecule has 1 saturated carbocycles. The highest BCUT2D eigenvalue weighted by Gasteiger charge is 2.58. The molecule has 1 unspecified atom stereocenters. The number of rotatable bonds is 5. The Kier molecular flexibility index (Phi) is 5.17. The van der Waals surface area contributed by atoms with Crippen LogP contribution in [0.5, 0.6) is 0 Å². The van der Waals surface area contributed by atoms with Gasteiger partial charge in [0.15, 0.2) is 0 Å². The summed E-state index contributed by atoms with van der Waals surface area (Å²) in [5.74, 6) is 1.57. The molecule has 3 aliphatic rings. The summed E-state index contributed by atoms with van der Waals surface area (Å²) in [4.78, 5) is 15.0. The van der Waals surface area contributed by atoms with Crippen molar-refractivity contribution >= 4 is 5.91 Å². The molecule has 2 heterocycles. The zero-order valence-electron chi connectivity index (χ0n) is 17.1. The average Bonchev–Trinajstić information content (AvgIpc) is 3.33. The lowest BCUT2D eigenvalue weighted by Crippen LogP contribution is -2.49. The van der Waals surface area contributed by atoms with Crippen LogP contribution in [0, 0.1) is 11.8 Å². The van der Waals surface area contributed by atoms with Crippen LogP contribution < -0.4 is 0 Å². The highest BCUT2D eigenvalue weighted by Crippen LogP contribution is 2.52. The number of nitrogens with zero attached hydrogens (tertiary/aromatic N) is 1. The predicted molar refractivity (Wildman–Crippen MR) is 114 cm³/mol. The fourth-order valence-corrected chi connectivity index (χ4v) is 5.97. The number of benzene rings is 2. The summed E-state index contributed by atoms with van der Waals surface area (Å²) in [7, 11) is 0. The molecule has 2 saturated heterocycles. The molecule has 3 heteroatoms. The van der Waals surface area contributed by atoms with Crippen molar-refractivity contribution in [2.45, 2.75) is 63.1 Å². The van der Waals surface area contributed by atoms with E-state index < -0.39 is 0 Å². The topological polar surface area (TPSA) is 29.5 Å². The Balaban J connectivity index is 1.25. The fourth-order valence-electron chi connectivity index (χ4n) is 5.97. The predicted octanol–water partition coefficient (Wildman–Crippen LogP) is 5.52. The second-order valence-corrected chi connectivity index (χ2v) is 9.09. The van der Waals surface area contributed by atoms with Crippen molar-refractivity contribution in [1.82, 2.24) is 4.90 Å². The zero-order chi connectivity index (χ0) is 19.7. The van der Waals surface area contributed by atoms with Gasteiger partial charge in [-0.15, -0.1) is 0 Å². The van der Waals surface area contributed by atoms with Gasteiger partial charge in [0, 0.05) is 18.8 Å². The molecule has 5 rings (SSSR count). The Bertz CT molecular complexity index is 828. The Labute approximate surface area is 174 Å². The summed E-state index contributed by atoms with van der Waals surface area (Å²) in [6.45, 7) is 0.643. The lowest BCUT2D eigenvalue weighted by Gasteiger charge is -2.43. The number of fused-ring (bicyclic) bond motifs is 1. The van der Waals surface area contributed by atoms with Crippen LogP contribution in [0.3, 0.4) is 0 Å². The molecule has 29 heavy (non-hydrogen) atoms. The van der Waals surface area contributed by atoms with Crippen molar-refractivity contribution in [3.63, 3.8) is 0 Å². The first-order valence-electron chi connectivity index (χ1n) is 11.3. The van der Waals surface area contributed by atoms with E-state index in [4.69, 9.17) is 4.74 Å². The summed E-state index contributed by atoms with van der Waals surface area (Å²) in [5, 5.41) is 0. The van der Waals surface area contributed by atoms with Gasteiger partial charge in [-0.05, 0) is 55.6 Å². The van der Waals surface area contributed by atoms with E-state index in [0.29, 0.717) is 18.9 Å². The van der Waals surface area contributed by atoms with E-state index in [0.717, 1.165) is 12.3 Å². The maximum Gasteiger partial charge on any atom is 0.225 e. The first-order chi connectivity index (χ1) is 14.3. The number of carbonyl (C=O) groups is 1. The van der Waals surface area contributed by atoms with Crippen molar-refractivity contribution in [2.24, 2.45) is 11.8 Å². The van der Waals surface area contributed by atoms with Gasteiger partial charge in [-0.1, -0.05) is 60.7 Å². The Morgan fingerprint density at radius 1 is 0.931 bits per heavy atom. The van der Waals surface area contributed by atoms with Gasteiger partial charge in [-0.3, -0.25) is 4.79 Å². The van der Waals surface area contributed by atoms with Crippen LogP contribution >= 0.6 is 0 Å². The lowest BCUT2D eigenvalue weighted by molar-refractivity contribution is -0.150. The molecule has 3 nitrogen and oxygen atoms in total. The molecule has 2 atom stereocenters. The van der Waals surface area contributed by atoms with Gasteiger partial charge in [0.05, 0.1) is 12.6 Å². The van der Waals surface area contributed by atoms with Crippen molar-refractivity contribution in [1.29, 1.82) is 0 Å². The minimum absolute atomic E-state index is 0.0852. The van der Waals surface area contributed by atoms with Crippen molar-refractivity contribution in [3.8, 4) is 0 Å². The number of hydrogen-bond donors (Lipinski definition) is 0. The summed E-state index contributed by atoms with van der Waals surface area (Å²) in [5.41, 5.74) is 2.31. The highest BCUT2D eigenvalue weighted by atomic mass is 16.5. The van der Waals surface area contributed by atoms with Gasteiger partial charge in [-0.25, -0.2) is 0 Å². The lowest BCUT2D eigenvalue weighted by atomic mass is 9.74. The van der Waals surface area contributed by atoms with Crippen LogP contribution in [0.25, 0.3) is 0 Å². The first-order valence-corrected chi connectivity index (χ1v) is 11.3. The number of ether oxygens (including phenoxy) is 1. The van der Waals surface area contributed by atoms with Gasteiger partial charge in [-0.2, -0.15) is 0 Å². The van der Waals surface area contributed by atoms with E-state index in [1.54, 1.807) is 0 Å². The van der Waals surface area contributed by atoms with E-state index in [-0.39, 0.29) is 17.7 Å². The summed E-state index contributed by atoms with van der Waals surface area (Å²) < 4.78 is 6.51. The smallest absolute Gasteiger partial charge is 0.225 e. The molecular weight excluding hydrogens is 358 g/mol. The molecule has 2 aromatic rings. The van der Waals surface area contributed by atoms with Crippen LogP contribution in [0.15, 0.2) is 60.7 Å². The first kappa shape index (κ1) is 18.9. The molecule has 0 spiro atoms. The number of amides is 1.